The molecule has 0 aromatic rings. The second kappa shape index (κ2) is 6.46. The summed E-state index contributed by atoms with van der Waals surface area (Å²) in [5.74, 6) is 0.637. The van der Waals surface area contributed by atoms with Crippen LogP contribution in [-0.2, 0) is 13.6 Å². The van der Waals surface area contributed by atoms with Crippen molar-refractivity contribution in [2.45, 2.75) is 45.7 Å². The van der Waals surface area contributed by atoms with Gasteiger partial charge >= 0.3 is 0 Å². The maximum Gasteiger partial charge on any atom is 0.260 e. The van der Waals surface area contributed by atoms with Crippen LogP contribution in [0, 0.1) is 0 Å². The largest absolute Gasteiger partial charge is 0.520 e. The lowest BCUT2D eigenvalue weighted by Crippen LogP contribution is -2.26. The van der Waals surface area contributed by atoms with Crippen molar-refractivity contribution in [1.82, 2.24) is 0 Å². The van der Waals surface area contributed by atoms with Crippen molar-refractivity contribution in [2.24, 2.45) is 0 Å². The minimum absolute atomic E-state index is 0.637. The Morgan fingerprint density at radius 2 is 1.56 bits per heavy atom. The van der Waals surface area contributed by atoms with Crippen molar-refractivity contribution < 1.29 is 13.6 Å². The summed E-state index contributed by atoms with van der Waals surface area (Å²) in [6, 6.07) is 0. The first kappa shape index (κ1) is 15.7. The van der Waals surface area contributed by atoms with Crippen LogP contribution < -0.4 is 0 Å². The molecule has 0 amide bonds. The molecule has 5 heteroatoms. The standard InChI is InChI=1S/C11H26O3Si2/c1-12-11(14-16(5,6)7)9-8-10-13-15(2,3)4/h9H,8,10H2,1-7H3. The Kier molecular flexibility index (Phi) is 6.36. The molecule has 0 bridgehead atoms. The fourth-order valence-corrected chi connectivity index (χ4v) is 2.51. The molecule has 0 unspecified atom stereocenters. The first-order chi connectivity index (χ1) is 7.14. The van der Waals surface area contributed by atoms with Gasteiger partial charge in [0.2, 0.25) is 8.32 Å². The summed E-state index contributed by atoms with van der Waals surface area (Å²) < 4.78 is 16.7. The highest BCUT2D eigenvalue weighted by Crippen LogP contribution is 2.12. The number of hydrogen-bond donors (Lipinski definition) is 0. The van der Waals surface area contributed by atoms with E-state index in [1.165, 1.54) is 0 Å². The molecular weight excluding hydrogens is 236 g/mol. The molecule has 0 N–H and O–H groups in total. The Hall–Kier alpha value is -0.266. The van der Waals surface area contributed by atoms with Crippen molar-refractivity contribution in [3.63, 3.8) is 0 Å². The molecule has 0 aliphatic rings. The average molecular weight is 262 g/mol. The predicted molar refractivity (Wildman–Crippen MR) is 73.4 cm³/mol. The van der Waals surface area contributed by atoms with E-state index in [4.69, 9.17) is 13.6 Å². The van der Waals surface area contributed by atoms with E-state index < -0.39 is 16.6 Å². The highest BCUT2D eigenvalue weighted by molar-refractivity contribution is 6.70. The predicted octanol–water partition coefficient (Wildman–Crippen LogP) is 3.57. The van der Waals surface area contributed by atoms with Crippen LogP contribution in [0.3, 0.4) is 0 Å². The van der Waals surface area contributed by atoms with Crippen LogP contribution in [-0.4, -0.2) is 30.4 Å². The third-order valence-corrected chi connectivity index (χ3v) is 3.46. The van der Waals surface area contributed by atoms with E-state index >= 15 is 0 Å². The van der Waals surface area contributed by atoms with Crippen molar-refractivity contribution in [3.8, 4) is 0 Å². The summed E-state index contributed by atoms with van der Waals surface area (Å²) in [5, 5.41) is 0. The summed E-state index contributed by atoms with van der Waals surface area (Å²) >= 11 is 0. The topological polar surface area (TPSA) is 27.7 Å². The molecule has 96 valence electrons. The molecular formula is C11H26O3Si2. The van der Waals surface area contributed by atoms with Gasteiger partial charge in [-0.1, -0.05) is 0 Å². The molecule has 0 heterocycles. The third kappa shape index (κ3) is 10.3. The van der Waals surface area contributed by atoms with Crippen molar-refractivity contribution in [2.75, 3.05) is 13.7 Å². The van der Waals surface area contributed by atoms with E-state index in [1.54, 1.807) is 7.11 Å². The highest BCUT2D eigenvalue weighted by atomic mass is 28.4. The van der Waals surface area contributed by atoms with Crippen LogP contribution in [0.2, 0.25) is 39.3 Å². The summed E-state index contributed by atoms with van der Waals surface area (Å²) in [4.78, 5) is 0. The van der Waals surface area contributed by atoms with E-state index in [0.717, 1.165) is 13.0 Å². The van der Waals surface area contributed by atoms with Gasteiger partial charge in [-0.25, -0.2) is 0 Å². The lowest BCUT2D eigenvalue weighted by Gasteiger charge is -2.21. The van der Waals surface area contributed by atoms with Gasteiger partial charge in [0.25, 0.3) is 5.95 Å². The molecule has 16 heavy (non-hydrogen) atoms. The van der Waals surface area contributed by atoms with E-state index in [1.807, 2.05) is 6.08 Å². The monoisotopic (exact) mass is 262 g/mol. The van der Waals surface area contributed by atoms with Gasteiger partial charge in [0.15, 0.2) is 8.32 Å². The molecule has 0 aliphatic carbocycles. The van der Waals surface area contributed by atoms with Gasteiger partial charge in [-0.05, 0) is 51.8 Å². The number of ether oxygens (including phenoxy) is 1. The molecule has 0 fully saturated rings. The molecule has 0 aromatic heterocycles. The smallest absolute Gasteiger partial charge is 0.260 e. The second-order valence-corrected chi connectivity index (χ2v) is 14.6. The Morgan fingerprint density at radius 3 is 1.94 bits per heavy atom. The zero-order valence-corrected chi connectivity index (χ0v) is 13.7. The number of rotatable bonds is 7. The van der Waals surface area contributed by atoms with Gasteiger partial charge in [-0.15, -0.1) is 0 Å². The lowest BCUT2D eigenvalue weighted by molar-refractivity contribution is 0.144. The van der Waals surface area contributed by atoms with Gasteiger partial charge in [0, 0.05) is 6.61 Å². The molecule has 3 nitrogen and oxygen atoms in total. The summed E-state index contributed by atoms with van der Waals surface area (Å²) in [6.45, 7) is 13.7. The fraction of sp³-hybridized carbons (Fsp3) is 0.818. The quantitative estimate of drug-likeness (QED) is 0.399. The van der Waals surface area contributed by atoms with Crippen LogP contribution in [0.1, 0.15) is 6.42 Å². The van der Waals surface area contributed by atoms with Gasteiger partial charge < -0.3 is 13.6 Å². The van der Waals surface area contributed by atoms with E-state index in [0.29, 0.717) is 5.95 Å². The molecule has 0 spiro atoms. The first-order valence-corrected chi connectivity index (χ1v) is 12.5. The molecule has 0 atom stereocenters. The SMILES string of the molecule is COC(=CCCO[Si](C)(C)C)O[Si](C)(C)C. The van der Waals surface area contributed by atoms with Crippen molar-refractivity contribution >= 4 is 16.6 Å². The molecule has 0 aromatic carbocycles. The van der Waals surface area contributed by atoms with Crippen molar-refractivity contribution in [3.05, 3.63) is 12.0 Å². The Balaban J connectivity index is 3.99. The molecule has 0 rings (SSSR count). The highest BCUT2D eigenvalue weighted by Gasteiger charge is 2.18. The number of hydrogen-bond acceptors (Lipinski definition) is 3. The van der Waals surface area contributed by atoms with Crippen LogP contribution >= 0.6 is 0 Å². The summed E-state index contributed by atoms with van der Waals surface area (Å²) in [5.41, 5.74) is 0. The average Bonchev–Trinajstić information content (AvgIpc) is 2.06. The maximum atomic E-state index is 5.75. The second-order valence-electron chi connectivity index (χ2n) is 5.69. The lowest BCUT2D eigenvalue weighted by atomic mass is 10.4. The van der Waals surface area contributed by atoms with E-state index in [9.17, 15) is 0 Å². The van der Waals surface area contributed by atoms with Crippen LogP contribution in [0.25, 0.3) is 0 Å². The zero-order chi connectivity index (χ0) is 12.8. The van der Waals surface area contributed by atoms with Gasteiger partial charge in [0.1, 0.15) is 0 Å². The minimum Gasteiger partial charge on any atom is -0.520 e. The Morgan fingerprint density at radius 1 is 1.00 bits per heavy atom. The van der Waals surface area contributed by atoms with Gasteiger partial charge in [-0.3, -0.25) is 0 Å². The van der Waals surface area contributed by atoms with Crippen LogP contribution in [0.15, 0.2) is 12.0 Å². The molecule has 0 radical (unpaired) electrons. The maximum absolute atomic E-state index is 5.75. The number of methoxy groups -OCH3 is 1. The fourth-order valence-electron chi connectivity index (χ4n) is 1.01. The normalized spacial score (nSPS) is 13.8. The summed E-state index contributed by atoms with van der Waals surface area (Å²) in [6.07, 6.45) is 2.82. The first-order valence-electron chi connectivity index (χ1n) is 5.71. The van der Waals surface area contributed by atoms with E-state index in [2.05, 4.69) is 39.3 Å². The van der Waals surface area contributed by atoms with Gasteiger partial charge in [0.05, 0.1) is 7.11 Å². The zero-order valence-electron chi connectivity index (χ0n) is 11.7. The van der Waals surface area contributed by atoms with Crippen LogP contribution in [0.4, 0.5) is 0 Å². The minimum atomic E-state index is -1.56. The van der Waals surface area contributed by atoms with Gasteiger partial charge in [-0.2, -0.15) is 0 Å². The third-order valence-electron chi connectivity index (χ3n) is 1.57. The Bertz CT molecular complexity index is 226. The van der Waals surface area contributed by atoms with E-state index in [-0.39, 0.29) is 0 Å². The molecule has 0 saturated heterocycles. The molecule has 0 saturated carbocycles. The van der Waals surface area contributed by atoms with Crippen LogP contribution in [0.5, 0.6) is 0 Å². The Labute approximate surface area is 102 Å². The molecule has 0 aliphatic heterocycles. The summed E-state index contributed by atoms with van der Waals surface area (Å²) in [7, 11) is -1.31. The van der Waals surface area contributed by atoms with Crippen molar-refractivity contribution in [1.29, 1.82) is 0 Å².